The first-order valence-corrected chi connectivity index (χ1v) is 11.4. The highest BCUT2D eigenvalue weighted by atomic mass is 16.5. The van der Waals surface area contributed by atoms with Crippen LogP contribution in [0.3, 0.4) is 0 Å². The molecule has 2 heterocycles. The van der Waals surface area contributed by atoms with E-state index in [-0.39, 0.29) is 18.1 Å². The lowest BCUT2D eigenvalue weighted by atomic mass is 10.0. The summed E-state index contributed by atoms with van der Waals surface area (Å²) in [5, 5.41) is 3.29. The highest BCUT2D eigenvalue weighted by molar-refractivity contribution is 5.87. The molecule has 0 aliphatic carbocycles. The summed E-state index contributed by atoms with van der Waals surface area (Å²) < 4.78 is 11.0. The van der Waals surface area contributed by atoms with E-state index in [0.717, 1.165) is 16.7 Å². The van der Waals surface area contributed by atoms with Crippen molar-refractivity contribution in [2.75, 3.05) is 7.11 Å². The summed E-state index contributed by atoms with van der Waals surface area (Å²) in [4.78, 5) is 37.2. The van der Waals surface area contributed by atoms with E-state index in [9.17, 15) is 9.59 Å². The maximum absolute atomic E-state index is 13.1. The quantitative estimate of drug-likeness (QED) is 0.373. The number of ether oxygens (including phenoxy) is 2. The van der Waals surface area contributed by atoms with Crippen LogP contribution in [0, 0.1) is 5.92 Å². The first-order chi connectivity index (χ1) is 16.9. The van der Waals surface area contributed by atoms with Gasteiger partial charge in [0, 0.05) is 24.0 Å². The normalized spacial score (nSPS) is 11.9. The zero-order chi connectivity index (χ0) is 24.8. The summed E-state index contributed by atoms with van der Waals surface area (Å²) in [7, 11) is 1.58. The Balaban J connectivity index is 1.64. The van der Waals surface area contributed by atoms with Gasteiger partial charge >= 0.3 is 6.09 Å². The van der Waals surface area contributed by atoms with Crippen molar-refractivity contribution >= 4 is 17.0 Å². The molecule has 8 heteroatoms. The highest BCUT2D eigenvalue weighted by Gasteiger charge is 2.21. The monoisotopic (exact) mass is 472 g/mol. The van der Waals surface area contributed by atoms with Gasteiger partial charge in [-0.25, -0.2) is 9.78 Å². The van der Waals surface area contributed by atoms with Gasteiger partial charge in [0.2, 0.25) is 0 Å². The number of aromatic amines is 1. The van der Waals surface area contributed by atoms with Gasteiger partial charge in [0.15, 0.2) is 0 Å². The van der Waals surface area contributed by atoms with E-state index in [0.29, 0.717) is 28.9 Å². The minimum atomic E-state index is -0.576. The number of nitrogens with zero attached hydrogens (tertiary/aromatic N) is 2. The van der Waals surface area contributed by atoms with Crippen molar-refractivity contribution < 1.29 is 14.3 Å². The van der Waals surface area contributed by atoms with E-state index in [4.69, 9.17) is 9.47 Å². The zero-order valence-corrected chi connectivity index (χ0v) is 19.9. The van der Waals surface area contributed by atoms with Crippen molar-refractivity contribution in [1.29, 1.82) is 0 Å². The van der Waals surface area contributed by atoms with E-state index in [1.54, 1.807) is 31.6 Å². The van der Waals surface area contributed by atoms with Crippen molar-refractivity contribution in [1.82, 2.24) is 20.3 Å². The summed E-state index contributed by atoms with van der Waals surface area (Å²) in [6.07, 6.45) is 3.36. The molecule has 0 fully saturated rings. The fourth-order valence-electron chi connectivity index (χ4n) is 3.89. The Hall–Kier alpha value is -4.20. The Morgan fingerprint density at radius 2 is 1.83 bits per heavy atom. The molecule has 0 aliphatic heterocycles. The van der Waals surface area contributed by atoms with Gasteiger partial charge in [0.25, 0.3) is 5.56 Å². The van der Waals surface area contributed by atoms with E-state index < -0.39 is 12.1 Å². The molecule has 4 rings (SSSR count). The molecule has 0 aliphatic rings. The number of benzene rings is 2. The van der Waals surface area contributed by atoms with Gasteiger partial charge < -0.3 is 19.8 Å². The molecular weight excluding hydrogens is 444 g/mol. The lowest BCUT2D eigenvalue weighted by Gasteiger charge is -2.20. The van der Waals surface area contributed by atoms with Gasteiger partial charge in [-0.15, -0.1) is 0 Å². The summed E-state index contributed by atoms with van der Waals surface area (Å²) in [6.45, 7) is 4.22. The highest BCUT2D eigenvalue weighted by Crippen LogP contribution is 2.32. The molecule has 180 valence electrons. The Kier molecular flexibility index (Phi) is 7.40. The minimum absolute atomic E-state index is 0.151. The first kappa shape index (κ1) is 23.9. The number of pyridine rings is 1. The van der Waals surface area contributed by atoms with Crippen LogP contribution in [-0.2, 0) is 11.3 Å². The van der Waals surface area contributed by atoms with Gasteiger partial charge in [0.05, 0.1) is 24.1 Å². The predicted molar refractivity (Wildman–Crippen MR) is 134 cm³/mol. The van der Waals surface area contributed by atoms with Crippen molar-refractivity contribution in [2.45, 2.75) is 32.9 Å². The molecule has 1 atom stereocenters. The molecule has 0 saturated heterocycles. The third kappa shape index (κ3) is 5.84. The van der Waals surface area contributed by atoms with Gasteiger partial charge in [-0.2, -0.15) is 0 Å². The second-order valence-corrected chi connectivity index (χ2v) is 8.64. The second kappa shape index (κ2) is 10.8. The van der Waals surface area contributed by atoms with Crippen molar-refractivity contribution in [2.24, 2.45) is 5.92 Å². The van der Waals surface area contributed by atoms with E-state index in [1.165, 1.54) is 0 Å². The van der Waals surface area contributed by atoms with Gasteiger partial charge in [-0.05, 0) is 41.7 Å². The summed E-state index contributed by atoms with van der Waals surface area (Å²) in [6, 6.07) is 16.1. The standard InChI is InChI=1S/C27H28N4O4/c1-17(2)13-23(30-27(33)35-16-18-7-5-4-6-8-18)25-29-22-15-24(34-3)20(14-21(22)26(32)31-25)19-9-11-28-12-10-19/h4-12,14-15,17,23H,13,16H2,1-3H3,(H,30,33)(H,29,31,32). The number of carbonyl (C=O) groups excluding carboxylic acids is 1. The number of alkyl carbamates (subject to hydrolysis) is 1. The molecule has 2 N–H and O–H groups in total. The van der Waals surface area contributed by atoms with Crippen LogP contribution < -0.4 is 15.6 Å². The van der Waals surface area contributed by atoms with Crippen LogP contribution in [0.5, 0.6) is 5.75 Å². The molecule has 2 aromatic heterocycles. The number of H-pyrrole nitrogens is 1. The maximum Gasteiger partial charge on any atom is 0.408 e. The van der Waals surface area contributed by atoms with E-state index in [2.05, 4.69) is 20.3 Å². The van der Waals surface area contributed by atoms with Crippen LogP contribution >= 0.6 is 0 Å². The number of methoxy groups -OCH3 is 1. The summed E-state index contributed by atoms with van der Waals surface area (Å²) >= 11 is 0. The third-order valence-corrected chi connectivity index (χ3v) is 5.58. The lowest BCUT2D eigenvalue weighted by molar-refractivity contribution is 0.133. The average Bonchev–Trinajstić information content (AvgIpc) is 2.87. The van der Waals surface area contributed by atoms with E-state index in [1.807, 2.05) is 56.3 Å². The molecule has 0 spiro atoms. The number of nitrogens with one attached hydrogen (secondary N) is 2. The summed E-state index contributed by atoms with van der Waals surface area (Å²) in [5.74, 6) is 1.19. The first-order valence-electron chi connectivity index (χ1n) is 11.4. The third-order valence-electron chi connectivity index (χ3n) is 5.58. The lowest BCUT2D eigenvalue weighted by Crippen LogP contribution is -2.32. The molecule has 0 radical (unpaired) electrons. The fourth-order valence-corrected chi connectivity index (χ4v) is 3.89. The van der Waals surface area contributed by atoms with Crippen LogP contribution in [0.15, 0.2) is 71.8 Å². The Morgan fingerprint density at radius 1 is 1.09 bits per heavy atom. The van der Waals surface area contributed by atoms with Crippen LogP contribution in [0.25, 0.3) is 22.0 Å². The van der Waals surface area contributed by atoms with Crippen molar-refractivity contribution in [3.05, 3.63) is 88.7 Å². The molecule has 8 nitrogen and oxygen atoms in total. The molecule has 35 heavy (non-hydrogen) atoms. The Bertz CT molecular complexity index is 1350. The van der Waals surface area contributed by atoms with Gasteiger partial charge in [-0.1, -0.05) is 44.2 Å². The SMILES string of the molecule is COc1cc2nc(C(CC(C)C)NC(=O)OCc3ccccc3)[nH]c(=O)c2cc1-c1ccncc1. The number of amides is 1. The van der Waals surface area contributed by atoms with Crippen LogP contribution in [0.4, 0.5) is 4.79 Å². The molecule has 2 aromatic carbocycles. The Labute approximate surface area is 203 Å². The molecule has 0 bridgehead atoms. The van der Waals surface area contributed by atoms with Crippen LogP contribution in [-0.4, -0.2) is 28.2 Å². The smallest absolute Gasteiger partial charge is 0.408 e. The van der Waals surface area contributed by atoms with Crippen molar-refractivity contribution in [3.63, 3.8) is 0 Å². The van der Waals surface area contributed by atoms with E-state index >= 15 is 0 Å². The number of hydrogen-bond acceptors (Lipinski definition) is 6. The molecular formula is C27H28N4O4. The molecule has 4 aromatic rings. The minimum Gasteiger partial charge on any atom is -0.496 e. The van der Waals surface area contributed by atoms with Crippen molar-refractivity contribution in [3.8, 4) is 16.9 Å². The zero-order valence-electron chi connectivity index (χ0n) is 19.9. The maximum atomic E-state index is 13.1. The van der Waals surface area contributed by atoms with Gasteiger partial charge in [-0.3, -0.25) is 9.78 Å². The Morgan fingerprint density at radius 3 is 2.51 bits per heavy atom. The van der Waals surface area contributed by atoms with Crippen LogP contribution in [0.1, 0.15) is 37.7 Å². The number of aromatic nitrogens is 3. The largest absolute Gasteiger partial charge is 0.496 e. The average molecular weight is 473 g/mol. The number of hydrogen-bond donors (Lipinski definition) is 2. The summed E-state index contributed by atoms with van der Waals surface area (Å²) in [5.41, 5.74) is 2.71. The molecule has 0 saturated carbocycles. The predicted octanol–water partition coefficient (Wildman–Crippen LogP) is 5.01. The molecule has 1 unspecified atom stereocenters. The fraction of sp³-hybridized carbons (Fsp3) is 0.259. The van der Waals surface area contributed by atoms with Gasteiger partial charge in [0.1, 0.15) is 18.2 Å². The number of carbonyl (C=O) groups is 1. The number of rotatable bonds is 8. The molecule has 1 amide bonds. The topological polar surface area (TPSA) is 106 Å². The van der Waals surface area contributed by atoms with Crippen LogP contribution in [0.2, 0.25) is 0 Å². The second-order valence-electron chi connectivity index (χ2n) is 8.64. The number of fused-ring (bicyclic) bond motifs is 1.